The van der Waals surface area contributed by atoms with Gasteiger partial charge >= 0.3 is 0 Å². The molecule has 38 heavy (non-hydrogen) atoms. The number of carbonyl (C=O) groups is 1. The third-order valence-corrected chi connectivity index (χ3v) is 8.08. The molecule has 0 aromatic heterocycles. The molecule has 0 radical (unpaired) electrons. The van der Waals surface area contributed by atoms with Crippen molar-refractivity contribution in [1.29, 1.82) is 0 Å². The Hall–Kier alpha value is -3.04. The number of allylic oxidation sites excluding steroid dienone is 3. The quantitative estimate of drug-likeness (QED) is 0.350. The maximum absolute atomic E-state index is 13.4. The molecule has 8 heteroatoms. The highest BCUT2D eigenvalue weighted by atomic mass is 32.2. The second kappa shape index (κ2) is 14.2. The SMILES string of the molecule is C=C1/C=C\C=C/C[C@H](NC(=O)[C@H](Cc2ccccc2)C[C@H](O)CNS(=O)(=O)c2ccc(CC)cc2)[C@H](O)C1. The highest BCUT2D eigenvalue weighted by Crippen LogP contribution is 2.19. The first-order valence-electron chi connectivity index (χ1n) is 13.0. The van der Waals surface area contributed by atoms with Gasteiger partial charge in [-0.15, -0.1) is 0 Å². The summed E-state index contributed by atoms with van der Waals surface area (Å²) in [6.07, 6.45) is 7.51. The molecule has 1 amide bonds. The van der Waals surface area contributed by atoms with Crippen molar-refractivity contribution >= 4 is 15.9 Å². The molecular formula is C30H38N2O5S. The van der Waals surface area contributed by atoms with Crippen molar-refractivity contribution in [2.24, 2.45) is 5.92 Å². The topological polar surface area (TPSA) is 116 Å². The predicted molar refractivity (Wildman–Crippen MR) is 150 cm³/mol. The molecule has 0 saturated heterocycles. The summed E-state index contributed by atoms with van der Waals surface area (Å²) in [4.78, 5) is 13.5. The molecule has 7 nitrogen and oxygen atoms in total. The van der Waals surface area contributed by atoms with Crippen LogP contribution in [0.4, 0.5) is 0 Å². The maximum atomic E-state index is 13.4. The third-order valence-electron chi connectivity index (χ3n) is 6.64. The van der Waals surface area contributed by atoms with Gasteiger partial charge in [-0.25, -0.2) is 13.1 Å². The van der Waals surface area contributed by atoms with E-state index in [4.69, 9.17) is 0 Å². The Morgan fingerprint density at radius 2 is 1.79 bits per heavy atom. The van der Waals surface area contributed by atoms with Crippen LogP contribution in [0, 0.1) is 5.92 Å². The lowest BCUT2D eigenvalue weighted by Gasteiger charge is -2.27. The van der Waals surface area contributed by atoms with Gasteiger partial charge < -0.3 is 15.5 Å². The van der Waals surface area contributed by atoms with E-state index in [1.165, 1.54) is 0 Å². The van der Waals surface area contributed by atoms with E-state index in [0.29, 0.717) is 19.3 Å². The molecule has 0 unspecified atom stereocenters. The van der Waals surface area contributed by atoms with Gasteiger partial charge in [-0.2, -0.15) is 0 Å². The Labute approximate surface area is 226 Å². The highest BCUT2D eigenvalue weighted by molar-refractivity contribution is 7.89. The Balaban J connectivity index is 1.68. The number of aliphatic hydroxyl groups excluding tert-OH is 2. The Morgan fingerprint density at radius 3 is 2.47 bits per heavy atom. The summed E-state index contributed by atoms with van der Waals surface area (Å²) < 4.78 is 27.9. The van der Waals surface area contributed by atoms with Crippen LogP contribution in [0.25, 0.3) is 0 Å². The van der Waals surface area contributed by atoms with Crippen LogP contribution in [-0.4, -0.2) is 49.3 Å². The van der Waals surface area contributed by atoms with E-state index < -0.39 is 34.2 Å². The number of amides is 1. The normalized spacial score (nSPS) is 21.4. The maximum Gasteiger partial charge on any atom is 0.240 e. The molecular weight excluding hydrogens is 500 g/mol. The fourth-order valence-corrected chi connectivity index (χ4v) is 5.45. The fraction of sp³-hybridized carbons (Fsp3) is 0.367. The minimum absolute atomic E-state index is 0.0466. The standard InChI is InChI=1S/C30H38N2O5S/c1-3-23-14-16-27(17-15-23)38(36,37)31-21-26(33)20-25(19-24-11-7-5-8-12-24)30(35)32-28-13-9-4-6-10-22(2)18-29(28)34/h4-12,14-17,25-26,28-29,31,33-34H,2-3,13,18-21H2,1H3,(H,32,35)/b9-4-,10-6-/t25-,26+,28+,29-/m1/s1. The first kappa shape index (κ1) is 29.5. The minimum Gasteiger partial charge on any atom is -0.392 e. The summed E-state index contributed by atoms with van der Waals surface area (Å²) >= 11 is 0. The number of aliphatic hydroxyl groups is 2. The van der Waals surface area contributed by atoms with Gasteiger partial charge in [0.15, 0.2) is 0 Å². The zero-order valence-corrected chi connectivity index (χ0v) is 22.6. The molecule has 0 saturated carbocycles. The van der Waals surface area contributed by atoms with Crippen molar-refractivity contribution in [3.05, 3.63) is 102 Å². The van der Waals surface area contributed by atoms with Gasteiger partial charge in [0, 0.05) is 12.5 Å². The Bertz CT molecular complexity index is 1220. The molecule has 2 aromatic rings. The van der Waals surface area contributed by atoms with Crippen molar-refractivity contribution in [1.82, 2.24) is 10.0 Å². The zero-order chi connectivity index (χ0) is 27.5. The Kier molecular flexibility index (Phi) is 11.0. The van der Waals surface area contributed by atoms with Crippen molar-refractivity contribution in [2.75, 3.05) is 6.54 Å². The van der Waals surface area contributed by atoms with Crippen LogP contribution in [0.2, 0.25) is 0 Å². The molecule has 0 bridgehead atoms. The summed E-state index contributed by atoms with van der Waals surface area (Å²) in [7, 11) is -3.81. The van der Waals surface area contributed by atoms with Crippen LogP contribution in [-0.2, 0) is 27.7 Å². The molecule has 2 aromatic carbocycles. The van der Waals surface area contributed by atoms with Gasteiger partial charge in [0.1, 0.15) is 0 Å². The van der Waals surface area contributed by atoms with Gasteiger partial charge in [-0.3, -0.25) is 4.79 Å². The van der Waals surface area contributed by atoms with Crippen LogP contribution in [0.1, 0.15) is 37.3 Å². The van der Waals surface area contributed by atoms with E-state index >= 15 is 0 Å². The van der Waals surface area contributed by atoms with E-state index in [1.807, 2.05) is 61.6 Å². The smallest absolute Gasteiger partial charge is 0.240 e. The summed E-state index contributed by atoms with van der Waals surface area (Å²) in [5.41, 5.74) is 2.71. The zero-order valence-electron chi connectivity index (χ0n) is 21.8. The predicted octanol–water partition coefficient (Wildman–Crippen LogP) is 3.45. The van der Waals surface area contributed by atoms with Gasteiger partial charge in [0.05, 0.1) is 23.1 Å². The molecule has 0 aliphatic heterocycles. The van der Waals surface area contributed by atoms with Crippen molar-refractivity contribution < 1.29 is 23.4 Å². The van der Waals surface area contributed by atoms with Crippen LogP contribution in [0.3, 0.4) is 0 Å². The molecule has 0 heterocycles. The first-order chi connectivity index (χ1) is 18.2. The average molecular weight is 539 g/mol. The van der Waals surface area contributed by atoms with E-state index in [2.05, 4.69) is 16.6 Å². The summed E-state index contributed by atoms with van der Waals surface area (Å²) in [5, 5.41) is 24.4. The van der Waals surface area contributed by atoms with Gasteiger partial charge in [-0.1, -0.05) is 85.8 Å². The van der Waals surface area contributed by atoms with Crippen LogP contribution < -0.4 is 10.0 Å². The van der Waals surface area contributed by atoms with Crippen molar-refractivity contribution in [2.45, 2.75) is 62.2 Å². The van der Waals surface area contributed by atoms with Crippen LogP contribution >= 0.6 is 0 Å². The van der Waals surface area contributed by atoms with Crippen LogP contribution in [0.15, 0.2) is 95.9 Å². The van der Waals surface area contributed by atoms with Crippen molar-refractivity contribution in [3.63, 3.8) is 0 Å². The molecule has 3 rings (SSSR count). The molecule has 1 aliphatic rings. The number of hydrogen-bond donors (Lipinski definition) is 4. The number of rotatable bonds is 11. The number of sulfonamides is 1. The molecule has 0 spiro atoms. The number of carbonyl (C=O) groups excluding carboxylic acids is 1. The van der Waals surface area contributed by atoms with E-state index in [-0.39, 0.29) is 23.8 Å². The number of benzene rings is 2. The number of hydrogen-bond acceptors (Lipinski definition) is 5. The lowest BCUT2D eigenvalue weighted by atomic mass is 9.91. The van der Waals surface area contributed by atoms with Crippen LogP contribution in [0.5, 0.6) is 0 Å². The van der Waals surface area contributed by atoms with Crippen molar-refractivity contribution in [3.8, 4) is 0 Å². The summed E-state index contributed by atoms with van der Waals surface area (Å²) in [5.74, 6) is -0.938. The minimum atomic E-state index is -3.81. The molecule has 4 atom stereocenters. The fourth-order valence-electron chi connectivity index (χ4n) is 4.37. The summed E-state index contributed by atoms with van der Waals surface area (Å²) in [6, 6.07) is 15.5. The highest BCUT2D eigenvalue weighted by Gasteiger charge is 2.28. The van der Waals surface area contributed by atoms with Gasteiger partial charge in [-0.05, 0) is 55.4 Å². The number of nitrogens with one attached hydrogen (secondary N) is 2. The average Bonchev–Trinajstić information content (AvgIpc) is 2.98. The van der Waals surface area contributed by atoms with E-state index in [9.17, 15) is 23.4 Å². The third kappa shape index (κ3) is 9.06. The first-order valence-corrected chi connectivity index (χ1v) is 14.5. The Morgan fingerprint density at radius 1 is 1.08 bits per heavy atom. The molecule has 204 valence electrons. The lowest BCUT2D eigenvalue weighted by Crippen LogP contribution is -2.47. The molecule has 4 N–H and O–H groups in total. The van der Waals surface area contributed by atoms with Gasteiger partial charge in [0.25, 0.3) is 0 Å². The lowest BCUT2D eigenvalue weighted by molar-refractivity contribution is -0.127. The molecule has 1 aliphatic carbocycles. The monoisotopic (exact) mass is 538 g/mol. The van der Waals surface area contributed by atoms with E-state index in [0.717, 1.165) is 23.1 Å². The largest absolute Gasteiger partial charge is 0.392 e. The van der Waals surface area contributed by atoms with Gasteiger partial charge in [0.2, 0.25) is 15.9 Å². The second-order valence-corrected chi connectivity index (χ2v) is 11.5. The molecule has 0 fully saturated rings. The second-order valence-electron chi connectivity index (χ2n) is 9.69. The summed E-state index contributed by atoms with van der Waals surface area (Å²) in [6.45, 7) is 5.70. The number of aryl methyl sites for hydroxylation is 1. The van der Waals surface area contributed by atoms with E-state index in [1.54, 1.807) is 24.3 Å².